The zero-order valence-corrected chi connectivity index (χ0v) is 17.7. The predicted molar refractivity (Wildman–Crippen MR) is 116 cm³/mol. The van der Waals surface area contributed by atoms with Crippen molar-refractivity contribution in [1.29, 1.82) is 0 Å². The third-order valence-electron chi connectivity index (χ3n) is 5.42. The summed E-state index contributed by atoms with van der Waals surface area (Å²) >= 11 is 1.55. The number of ether oxygens (including phenoxy) is 2. The molecule has 2 aromatic carbocycles. The molecule has 4 rings (SSSR count). The average molecular weight is 411 g/mol. The molecule has 29 heavy (non-hydrogen) atoms. The van der Waals surface area contributed by atoms with E-state index in [0.29, 0.717) is 11.6 Å². The number of hydrogen-bond donors (Lipinski definition) is 0. The summed E-state index contributed by atoms with van der Waals surface area (Å²) in [6.07, 6.45) is 3.25. The fourth-order valence-electron chi connectivity index (χ4n) is 3.61. The number of aryl methyl sites for hydroxylation is 1. The number of piperidine rings is 1. The lowest BCUT2D eigenvalue weighted by molar-refractivity contribution is -0.132. The minimum absolute atomic E-state index is 0.102. The summed E-state index contributed by atoms with van der Waals surface area (Å²) in [7, 11) is 1.65. The maximum atomic E-state index is 12.6. The number of benzene rings is 2. The van der Waals surface area contributed by atoms with Crippen LogP contribution in [0.25, 0.3) is 10.2 Å². The molecular formula is C23H26N2O3S. The first kappa shape index (κ1) is 19.7. The van der Waals surface area contributed by atoms with Crippen molar-refractivity contribution in [2.45, 2.75) is 38.7 Å². The molecular weight excluding hydrogens is 384 g/mol. The molecule has 0 radical (unpaired) electrons. The number of fused-ring (bicyclic) bond motifs is 1. The fraction of sp³-hybridized carbons (Fsp3) is 0.391. The van der Waals surface area contributed by atoms with E-state index in [-0.39, 0.29) is 12.0 Å². The van der Waals surface area contributed by atoms with Crippen LogP contribution in [0.5, 0.6) is 10.9 Å². The van der Waals surface area contributed by atoms with Gasteiger partial charge in [-0.1, -0.05) is 42.5 Å². The Morgan fingerprint density at radius 3 is 2.55 bits per heavy atom. The van der Waals surface area contributed by atoms with E-state index in [9.17, 15) is 4.79 Å². The molecule has 1 fully saturated rings. The van der Waals surface area contributed by atoms with E-state index in [2.05, 4.69) is 36.2 Å². The number of carbonyl (C=O) groups is 1. The van der Waals surface area contributed by atoms with Gasteiger partial charge >= 0.3 is 0 Å². The standard InChI is InChI=1S/C23H26N2O3S/c1-3-16-4-6-17(7-5-16)14-22(26)25-12-10-18(11-13-25)28-23-24-20-15-19(27-2)8-9-21(20)29-23/h4-9,15,18H,3,10-14H2,1-2H3. The molecule has 3 aromatic rings. The maximum absolute atomic E-state index is 12.6. The first-order valence-corrected chi connectivity index (χ1v) is 10.9. The topological polar surface area (TPSA) is 51.7 Å². The summed E-state index contributed by atoms with van der Waals surface area (Å²) in [5.74, 6) is 0.991. The predicted octanol–water partition coefficient (Wildman–Crippen LogP) is 4.48. The molecule has 1 aliphatic heterocycles. The number of hydrogen-bond acceptors (Lipinski definition) is 5. The monoisotopic (exact) mass is 410 g/mol. The normalized spacial score (nSPS) is 14.9. The Bertz CT molecular complexity index is 975. The van der Waals surface area contributed by atoms with E-state index in [1.54, 1.807) is 18.4 Å². The number of amides is 1. The molecule has 0 saturated carbocycles. The maximum Gasteiger partial charge on any atom is 0.274 e. The van der Waals surface area contributed by atoms with E-state index in [0.717, 1.165) is 53.9 Å². The minimum Gasteiger partial charge on any atom is -0.497 e. The number of methoxy groups -OCH3 is 1. The van der Waals surface area contributed by atoms with Gasteiger partial charge in [0, 0.05) is 32.0 Å². The van der Waals surface area contributed by atoms with Gasteiger partial charge < -0.3 is 14.4 Å². The first-order chi connectivity index (χ1) is 14.1. The Hall–Kier alpha value is -2.60. The lowest BCUT2D eigenvalue weighted by Gasteiger charge is -2.31. The van der Waals surface area contributed by atoms with Gasteiger partial charge in [-0.05, 0) is 29.7 Å². The number of aromatic nitrogens is 1. The molecule has 1 amide bonds. The van der Waals surface area contributed by atoms with Crippen LogP contribution < -0.4 is 9.47 Å². The van der Waals surface area contributed by atoms with E-state index < -0.39 is 0 Å². The molecule has 6 heteroatoms. The average Bonchev–Trinajstić information content (AvgIpc) is 3.16. The third kappa shape index (κ3) is 4.70. The van der Waals surface area contributed by atoms with Crippen molar-refractivity contribution >= 4 is 27.5 Å². The number of thiazole rings is 1. The molecule has 0 bridgehead atoms. The number of carbonyl (C=O) groups excluding carboxylic acids is 1. The van der Waals surface area contributed by atoms with Crippen molar-refractivity contribution in [1.82, 2.24) is 9.88 Å². The van der Waals surface area contributed by atoms with Crippen LogP contribution in [0.2, 0.25) is 0 Å². The molecule has 0 spiro atoms. The Morgan fingerprint density at radius 2 is 1.86 bits per heavy atom. The van der Waals surface area contributed by atoms with Gasteiger partial charge in [-0.25, -0.2) is 4.98 Å². The van der Waals surface area contributed by atoms with E-state index in [1.165, 1.54) is 5.56 Å². The van der Waals surface area contributed by atoms with Crippen LogP contribution >= 0.6 is 11.3 Å². The van der Waals surface area contributed by atoms with Crippen LogP contribution in [0.4, 0.5) is 0 Å². The van der Waals surface area contributed by atoms with Crippen molar-refractivity contribution in [3.8, 4) is 10.9 Å². The van der Waals surface area contributed by atoms with Gasteiger partial charge in [0.05, 0.1) is 23.7 Å². The summed E-state index contributed by atoms with van der Waals surface area (Å²) in [6, 6.07) is 14.2. The molecule has 0 N–H and O–H groups in total. The first-order valence-electron chi connectivity index (χ1n) is 10.1. The highest BCUT2D eigenvalue weighted by Crippen LogP contribution is 2.32. The summed E-state index contributed by atoms with van der Waals surface area (Å²) in [5, 5.41) is 0.689. The third-order valence-corrected chi connectivity index (χ3v) is 6.35. The molecule has 5 nitrogen and oxygen atoms in total. The van der Waals surface area contributed by atoms with Gasteiger partial charge in [0.1, 0.15) is 11.9 Å². The molecule has 1 aliphatic rings. The molecule has 2 heterocycles. The largest absolute Gasteiger partial charge is 0.497 e. The van der Waals surface area contributed by atoms with Crippen molar-refractivity contribution in [3.63, 3.8) is 0 Å². The number of rotatable bonds is 6. The highest BCUT2D eigenvalue weighted by Gasteiger charge is 2.24. The highest BCUT2D eigenvalue weighted by molar-refractivity contribution is 7.20. The summed E-state index contributed by atoms with van der Waals surface area (Å²) in [4.78, 5) is 19.2. The van der Waals surface area contributed by atoms with Crippen molar-refractivity contribution in [3.05, 3.63) is 53.6 Å². The number of nitrogens with zero attached hydrogens (tertiary/aromatic N) is 2. The van der Waals surface area contributed by atoms with E-state index in [1.807, 2.05) is 23.1 Å². The van der Waals surface area contributed by atoms with Gasteiger partial charge in [0.2, 0.25) is 5.91 Å². The van der Waals surface area contributed by atoms with Gasteiger partial charge in [-0.2, -0.15) is 0 Å². The van der Waals surface area contributed by atoms with Crippen LogP contribution in [0.15, 0.2) is 42.5 Å². The number of likely N-dealkylation sites (tertiary alicyclic amines) is 1. The molecule has 0 atom stereocenters. The van der Waals surface area contributed by atoms with Crippen molar-refractivity contribution < 1.29 is 14.3 Å². The second-order valence-electron chi connectivity index (χ2n) is 7.36. The zero-order valence-electron chi connectivity index (χ0n) is 16.9. The van der Waals surface area contributed by atoms with Gasteiger partial charge in [-0.3, -0.25) is 4.79 Å². The second kappa shape index (κ2) is 8.82. The van der Waals surface area contributed by atoms with Crippen LogP contribution in [-0.4, -0.2) is 42.1 Å². The minimum atomic E-state index is 0.102. The Balaban J connectivity index is 1.30. The van der Waals surface area contributed by atoms with Gasteiger partial charge in [-0.15, -0.1) is 0 Å². The van der Waals surface area contributed by atoms with Crippen LogP contribution in [-0.2, 0) is 17.6 Å². The fourth-order valence-corrected chi connectivity index (χ4v) is 4.47. The molecule has 152 valence electrons. The second-order valence-corrected chi connectivity index (χ2v) is 8.35. The highest BCUT2D eigenvalue weighted by atomic mass is 32.1. The SMILES string of the molecule is CCc1ccc(CC(=O)N2CCC(Oc3nc4cc(OC)ccc4s3)CC2)cc1. The smallest absolute Gasteiger partial charge is 0.274 e. The van der Waals surface area contributed by atoms with Gasteiger partial charge in [0.25, 0.3) is 5.19 Å². The van der Waals surface area contributed by atoms with Crippen LogP contribution in [0, 0.1) is 0 Å². The van der Waals surface area contributed by atoms with Crippen molar-refractivity contribution in [2.24, 2.45) is 0 Å². The van der Waals surface area contributed by atoms with Crippen LogP contribution in [0.3, 0.4) is 0 Å². The lowest BCUT2D eigenvalue weighted by atomic mass is 10.0. The molecule has 0 aliphatic carbocycles. The van der Waals surface area contributed by atoms with Crippen molar-refractivity contribution in [2.75, 3.05) is 20.2 Å². The molecule has 0 unspecified atom stereocenters. The van der Waals surface area contributed by atoms with E-state index in [4.69, 9.17) is 9.47 Å². The Labute approximate surface area is 175 Å². The summed E-state index contributed by atoms with van der Waals surface area (Å²) in [6.45, 7) is 3.60. The Morgan fingerprint density at radius 1 is 1.14 bits per heavy atom. The van der Waals surface area contributed by atoms with Crippen LogP contribution in [0.1, 0.15) is 30.9 Å². The Kier molecular flexibility index (Phi) is 6.00. The summed E-state index contributed by atoms with van der Waals surface area (Å²) in [5.41, 5.74) is 3.27. The molecule has 1 aromatic heterocycles. The van der Waals surface area contributed by atoms with E-state index >= 15 is 0 Å². The quantitative estimate of drug-likeness (QED) is 0.601. The zero-order chi connectivity index (χ0) is 20.2. The van der Waals surface area contributed by atoms with Gasteiger partial charge in [0.15, 0.2) is 0 Å². The molecule has 1 saturated heterocycles. The summed E-state index contributed by atoms with van der Waals surface area (Å²) < 4.78 is 12.5. The lowest BCUT2D eigenvalue weighted by Crippen LogP contribution is -2.42.